The number of nitrogens with one attached hydrogen (secondary N) is 2. The van der Waals surface area contributed by atoms with Crippen molar-refractivity contribution < 1.29 is 24.2 Å². The third-order valence-corrected chi connectivity index (χ3v) is 6.75. The average Bonchev–Trinajstić information content (AvgIpc) is 3.07. The van der Waals surface area contributed by atoms with Gasteiger partial charge in [0.1, 0.15) is 18.2 Å². The maximum absolute atomic E-state index is 13.0. The highest BCUT2D eigenvalue weighted by molar-refractivity contribution is 5.93. The van der Waals surface area contributed by atoms with E-state index < -0.39 is 29.6 Å². The molecule has 1 saturated carbocycles. The average molecular weight is 465 g/mol. The molecular formula is C27H32N2O5. The third-order valence-electron chi connectivity index (χ3n) is 6.75. The summed E-state index contributed by atoms with van der Waals surface area (Å²) in [5.41, 5.74) is 3.09. The summed E-state index contributed by atoms with van der Waals surface area (Å²) >= 11 is 0. The predicted molar refractivity (Wildman–Crippen MR) is 128 cm³/mol. The summed E-state index contributed by atoms with van der Waals surface area (Å²) in [7, 11) is 0. The quantitative estimate of drug-likeness (QED) is 0.561. The van der Waals surface area contributed by atoms with Gasteiger partial charge in [0, 0.05) is 5.92 Å². The Morgan fingerprint density at radius 1 is 1.03 bits per heavy atom. The van der Waals surface area contributed by atoms with E-state index in [0.717, 1.165) is 28.7 Å². The second kappa shape index (κ2) is 9.12. The number of aliphatic carboxylic acids is 1. The van der Waals surface area contributed by atoms with Crippen LogP contribution in [0.4, 0.5) is 4.79 Å². The molecule has 7 nitrogen and oxygen atoms in total. The van der Waals surface area contributed by atoms with Crippen LogP contribution in [0.3, 0.4) is 0 Å². The molecule has 2 amide bonds. The van der Waals surface area contributed by atoms with Crippen LogP contribution < -0.4 is 10.6 Å². The number of ether oxygens (including phenoxy) is 1. The number of carboxylic acids is 1. The summed E-state index contributed by atoms with van der Waals surface area (Å²) < 4.78 is 5.61. The highest BCUT2D eigenvalue weighted by Crippen LogP contribution is 2.44. The van der Waals surface area contributed by atoms with Crippen molar-refractivity contribution in [3.05, 3.63) is 59.7 Å². The van der Waals surface area contributed by atoms with Crippen LogP contribution in [0.25, 0.3) is 11.1 Å². The van der Waals surface area contributed by atoms with Crippen LogP contribution in [-0.2, 0) is 14.3 Å². The van der Waals surface area contributed by atoms with Gasteiger partial charge < -0.3 is 20.5 Å². The fourth-order valence-electron chi connectivity index (χ4n) is 4.88. The molecule has 7 heteroatoms. The largest absolute Gasteiger partial charge is 0.480 e. The Kier molecular flexibility index (Phi) is 6.39. The maximum atomic E-state index is 13.0. The molecule has 0 radical (unpaired) electrons. The predicted octanol–water partition coefficient (Wildman–Crippen LogP) is 4.45. The van der Waals surface area contributed by atoms with Crippen LogP contribution in [-0.4, -0.2) is 41.3 Å². The van der Waals surface area contributed by atoms with Gasteiger partial charge in [0.25, 0.3) is 0 Å². The zero-order valence-electron chi connectivity index (χ0n) is 19.9. The minimum atomic E-state index is -1.13. The van der Waals surface area contributed by atoms with Gasteiger partial charge in [0.15, 0.2) is 0 Å². The zero-order valence-corrected chi connectivity index (χ0v) is 19.9. The van der Waals surface area contributed by atoms with E-state index in [1.54, 1.807) is 0 Å². The van der Waals surface area contributed by atoms with E-state index in [-0.39, 0.29) is 24.4 Å². The van der Waals surface area contributed by atoms with Gasteiger partial charge in [-0.1, -0.05) is 69.3 Å². The molecule has 2 aromatic carbocycles. The summed E-state index contributed by atoms with van der Waals surface area (Å²) in [6.07, 6.45) is 1.29. The van der Waals surface area contributed by atoms with Crippen molar-refractivity contribution in [2.45, 2.75) is 64.0 Å². The maximum Gasteiger partial charge on any atom is 0.408 e. The van der Waals surface area contributed by atoms with Crippen LogP contribution in [0.2, 0.25) is 0 Å². The van der Waals surface area contributed by atoms with Gasteiger partial charge in [-0.15, -0.1) is 0 Å². The number of hydrogen-bond donors (Lipinski definition) is 3. The lowest BCUT2D eigenvalue weighted by Crippen LogP contribution is -2.65. The van der Waals surface area contributed by atoms with E-state index in [1.165, 1.54) is 0 Å². The van der Waals surface area contributed by atoms with Crippen molar-refractivity contribution >= 4 is 18.0 Å². The first kappa shape index (κ1) is 23.8. The number of fused-ring (bicyclic) bond motifs is 3. The van der Waals surface area contributed by atoms with Crippen molar-refractivity contribution in [1.29, 1.82) is 0 Å². The highest BCUT2D eigenvalue weighted by Gasteiger charge is 2.47. The molecule has 2 aromatic rings. The smallest absolute Gasteiger partial charge is 0.408 e. The normalized spacial score (nSPS) is 17.0. The van der Waals surface area contributed by atoms with Gasteiger partial charge in [-0.05, 0) is 53.4 Å². The Morgan fingerprint density at radius 2 is 1.59 bits per heavy atom. The molecule has 180 valence electrons. The first-order valence-electron chi connectivity index (χ1n) is 11.8. The van der Waals surface area contributed by atoms with Crippen LogP contribution in [0.1, 0.15) is 63.5 Å². The van der Waals surface area contributed by atoms with Gasteiger partial charge >= 0.3 is 12.1 Å². The Hall–Kier alpha value is -3.35. The summed E-state index contributed by atoms with van der Waals surface area (Å²) in [5, 5.41) is 14.9. The van der Waals surface area contributed by atoms with Crippen LogP contribution in [0, 0.1) is 5.41 Å². The number of rotatable bonds is 7. The first-order chi connectivity index (χ1) is 16.1. The molecule has 0 bridgehead atoms. The molecule has 2 aliphatic rings. The molecule has 1 fully saturated rings. The first-order valence-corrected chi connectivity index (χ1v) is 11.8. The Bertz CT molecular complexity index is 1050. The summed E-state index contributed by atoms with van der Waals surface area (Å²) in [4.78, 5) is 37.5. The van der Waals surface area contributed by atoms with E-state index in [9.17, 15) is 19.5 Å². The SMILES string of the molecule is CC(C)(C)CC(NC(=O)C1(NC(=O)OCC2c3ccccc3-c3ccccc32)CCC1)C(=O)O. The van der Waals surface area contributed by atoms with E-state index in [4.69, 9.17) is 4.74 Å². The lowest BCUT2D eigenvalue weighted by atomic mass is 9.75. The number of carboxylic acid groups (broad SMARTS) is 1. The lowest BCUT2D eigenvalue weighted by Gasteiger charge is -2.41. The molecule has 1 atom stereocenters. The Morgan fingerprint density at radius 3 is 2.06 bits per heavy atom. The minimum Gasteiger partial charge on any atom is -0.480 e. The summed E-state index contributed by atoms with van der Waals surface area (Å²) in [6.45, 7) is 5.91. The number of hydrogen-bond acceptors (Lipinski definition) is 4. The molecule has 0 heterocycles. The number of benzene rings is 2. The molecule has 3 N–H and O–H groups in total. The van der Waals surface area contributed by atoms with Crippen LogP contribution in [0.5, 0.6) is 0 Å². The molecular weight excluding hydrogens is 432 g/mol. The molecule has 2 aliphatic carbocycles. The number of amides is 2. The molecule has 4 rings (SSSR count). The number of alkyl carbamates (subject to hydrolysis) is 1. The van der Waals surface area contributed by atoms with Gasteiger partial charge in [-0.2, -0.15) is 0 Å². The molecule has 0 aromatic heterocycles. The number of carbonyl (C=O) groups excluding carboxylic acids is 2. The van der Waals surface area contributed by atoms with Gasteiger partial charge in [0.2, 0.25) is 5.91 Å². The van der Waals surface area contributed by atoms with Crippen molar-refractivity contribution in [2.75, 3.05) is 6.61 Å². The minimum absolute atomic E-state index is 0.0764. The molecule has 1 unspecified atom stereocenters. The molecule has 0 saturated heterocycles. The molecule has 0 spiro atoms. The highest BCUT2D eigenvalue weighted by atomic mass is 16.5. The van der Waals surface area contributed by atoms with Gasteiger partial charge in [-0.25, -0.2) is 9.59 Å². The number of carbonyl (C=O) groups is 3. The van der Waals surface area contributed by atoms with Crippen molar-refractivity contribution in [1.82, 2.24) is 10.6 Å². The van der Waals surface area contributed by atoms with Crippen molar-refractivity contribution in [3.8, 4) is 11.1 Å². The van der Waals surface area contributed by atoms with Crippen molar-refractivity contribution in [3.63, 3.8) is 0 Å². The fourth-order valence-corrected chi connectivity index (χ4v) is 4.88. The summed E-state index contributed by atoms with van der Waals surface area (Å²) in [6, 6.07) is 15.1. The second-order valence-electron chi connectivity index (χ2n) is 10.5. The molecule has 34 heavy (non-hydrogen) atoms. The van der Waals surface area contributed by atoms with E-state index in [2.05, 4.69) is 22.8 Å². The van der Waals surface area contributed by atoms with Crippen molar-refractivity contribution in [2.24, 2.45) is 5.41 Å². The Labute approximate surface area is 199 Å². The molecule has 0 aliphatic heterocycles. The zero-order chi connectivity index (χ0) is 24.5. The fraction of sp³-hybridized carbons (Fsp3) is 0.444. The van der Waals surface area contributed by atoms with Gasteiger partial charge in [-0.3, -0.25) is 4.79 Å². The van der Waals surface area contributed by atoms with Crippen LogP contribution >= 0.6 is 0 Å². The van der Waals surface area contributed by atoms with E-state index in [0.29, 0.717) is 12.8 Å². The topological polar surface area (TPSA) is 105 Å². The van der Waals surface area contributed by atoms with Gasteiger partial charge in [0.05, 0.1) is 0 Å². The van der Waals surface area contributed by atoms with Crippen LogP contribution in [0.15, 0.2) is 48.5 Å². The Balaban J connectivity index is 1.41. The lowest BCUT2D eigenvalue weighted by molar-refractivity contribution is -0.144. The standard InChI is InChI=1S/C27H32N2O5/c1-26(2,3)15-22(23(30)31)28-24(32)27(13-8-14-27)29-25(33)34-16-21-19-11-6-4-9-17(19)18-10-5-7-12-20(18)21/h4-7,9-12,21-22H,8,13-16H2,1-3H3,(H,28,32)(H,29,33)(H,30,31). The summed E-state index contributed by atoms with van der Waals surface area (Å²) in [5.74, 6) is -1.63. The second-order valence-corrected chi connectivity index (χ2v) is 10.5. The van der Waals surface area contributed by atoms with E-state index >= 15 is 0 Å². The third kappa shape index (κ3) is 4.79. The monoisotopic (exact) mass is 464 g/mol. The van der Waals surface area contributed by atoms with E-state index in [1.807, 2.05) is 57.2 Å².